The molecule has 30 heavy (non-hydrogen) atoms. The lowest BCUT2D eigenvalue weighted by molar-refractivity contribution is -0.135. The van der Waals surface area contributed by atoms with Crippen molar-refractivity contribution in [2.24, 2.45) is 0 Å². The number of nitrogens with one attached hydrogen (secondary N) is 3. The predicted octanol–water partition coefficient (Wildman–Crippen LogP) is 3.07. The van der Waals surface area contributed by atoms with Gasteiger partial charge in [-0.15, -0.1) is 0 Å². The second kappa shape index (κ2) is 8.81. The fourth-order valence-electron chi connectivity index (χ4n) is 4.31. The highest BCUT2D eigenvalue weighted by Gasteiger charge is 2.34. The Balaban J connectivity index is 1.46. The van der Waals surface area contributed by atoms with Crippen LogP contribution in [0.1, 0.15) is 61.9 Å². The van der Waals surface area contributed by atoms with Gasteiger partial charge in [-0.05, 0) is 25.3 Å². The summed E-state index contributed by atoms with van der Waals surface area (Å²) in [6, 6.07) is 10.0. The summed E-state index contributed by atoms with van der Waals surface area (Å²) >= 11 is 0. The Morgan fingerprint density at radius 3 is 2.57 bits per heavy atom. The average molecular weight is 408 g/mol. The van der Waals surface area contributed by atoms with Crippen LogP contribution >= 0.6 is 0 Å². The maximum absolute atomic E-state index is 12.7. The molecule has 1 aromatic carbocycles. The number of carbonyl (C=O) groups is 1. The van der Waals surface area contributed by atoms with Crippen LogP contribution in [0.25, 0.3) is 0 Å². The van der Waals surface area contributed by atoms with E-state index in [1.165, 1.54) is 19.3 Å². The van der Waals surface area contributed by atoms with Gasteiger partial charge in [-0.1, -0.05) is 49.6 Å². The third-order valence-corrected chi connectivity index (χ3v) is 6.08. The number of rotatable bonds is 6. The number of amides is 1. The van der Waals surface area contributed by atoms with Crippen molar-refractivity contribution in [3.05, 3.63) is 57.6 Å². The van der Waals surface area contributed by atoms with E-state index in [9.17, 15) is 9.59 Å². The Morgan fingerprint density at radius 1 is 1.20 bits per heavy atom. The highest BCUT2D eigenvalue weighted by atomic mass is 16.2. The third-order valence-electron chi connectivity index (χ3n) is 6.08. The molecule has 1 aliphatic heterocycles. The molecule has 2 fully saturated rings. The fraction of sp³-hybridized carbons (Fsp3) is 0.478. The molecule has 4 rings (SSSR count). The molecule has 0 spiro atoms. The third kappa shape index (κ3) is 4.45. The van der Waals surface area contributed by atoms with Crippen molar-refractivity contribution >= 4 is 17.4 Å². The molecule has 3 N–H and O–H groups in total. The molecule has 1 amide bonds. The first kappa shape index (κ1) is 20.3. The smallest absolute Gasteiger partial charge is 0.262 e. The number of carbonyl (C=O) groups excluding carboxylic acids is 1. The minimum Gasteiger partial charge on any atom is -0.367 e. The molecule has 0 bridgehead atoms. The molecule has 0 radical (unpaired) electrons. The zero-order valence-electron chi connectivity index (χ0n) is 17.4. The van der Waals surface area contributed by atoms with Crippen LogP contribution in [0.5, 0.6) is 0 Å². The van der Waals surface area contributed by atoms with E-state index in [2.05, 4.69) is 10.3 Å². The minimum absolute atomic E-state index is 0.0180. The number of H-pyrrole nitrogens is 1. The molecular weight excluding hydrogens is 378 g/mol. The summed E-state index contributed by atoms with van der Waals surface area (Å²) in [5.41, 5.74) is 1.25. The highest BCUT2D eigenvalue weighted by Crippen LogP contribution is 2.27. The van der Waals surface area contributed by atoms with Gasteiger partial charge in [0, 0.05) is 24.8 Å². The summed E-state index contributed by atoms with van der Waals surface area (Å²) in [6.45, 7) is 2.73. The van der Waals surface area contributed by atoms with E-state index in [0.717, 1.165) is 18.4 Å². The van der Waals surface area contributed by atoms with E-state index in [4.69, 9.17) is 10.4 Å². The number of nitrogens with zero attached hydrogens (tertiary/aromatic N) is 2. The van der Waals surface area contributed by atoms with Gasteiger partial charge in [0.2, 0.25) is 5.91 Å². The van der Waals surface area contributed by atoms with Crippen LogP contribution in [0.15, 0.2) is 35.1 Å². The molecular formula is C23H29N5O2. The number of aromatic nitrogens is 2. The van der Waals surface area contributed by atoms with Crippen molar-refractivity contribution in [1.29, 1.82) is 5.41 Å². The first-order valence-corrected chi connectivity index (χ1v) is 10.8. The van der Waals surface area contributed by atoms with E-state index >= 15 is 0 Å². The molecule has 7 heteroatoms. The Kier molecular flexibility index (Phi) is 5.97. The molecule has 2 aromatic rings. The number of hydrogen-bond acceptors (Lipinski definition) is 5. The molecule has 0 unspecified atom stereocenters. The van der Waals surface area contributed by atoms with Gasteiger partial charge in [-0.3, -0.25) is 9.59 Å². The van der Waals surface area contributed by atoms with Crippen LogP contribution in [-0.4, -0.2) is 45.6 Å². The second-order valence-corrected chi connectivity index (χ2v) is 8.44. The largest absolute Gasteiger partial charge is 0.367 e. The van der Waals surface area contributed by atoms with Gasteiger partial charge in [-0.25, -0.2) is 4.98 Å². The Hall–Kier alpha value is -2.96. The van der Waals surface area contributed by atoms with Crippen LogP contribution in [0.3, 0.4) is 0 Å². The summed E-state index contributed by atoms with van der Waals surface area (Å²) in [7, 11) is 0. The normalized spacial score (nSPS) is 17.4. The first-order valence-electron chi connectivity index (χ1n) is 10.8. The summed E-state index contributed by atoms with van der Waals surface area (Å²) in [6.07, 6.45) is 6.11. The molecule has 1 aromatic heterocycles. The Bertz CT molecular complexity index is 973. The second-order valence-electron chi connectivity index (χ2n) is 8.44. The number of likely N-dealkylation sites (tertiary alicyclic amines) is 1. The summed E-state index contributed by atoms with van der Waals surface area (Å²) in [4.78, 5) is 34.6. The predicted molar refractivity (Wildman–Crippen MR) is 117 cm³/mol. The molecule has 1 aliphatic carbocycles. The lowest BCUT2D eigenvalue weighted by Gasteiger charge is -2.39. The van der Waals surface area contributed by atoms with Gasteiger partial charge in [-0.2, -0.15) is 0 Å². The van der Waals surface area contributed by atoms with E-state index in [0.29, 0.717) is 42.8 Å². The summed E-state index contributed by atoms with van der Waals surface area (Å²) < 4.78 is 0. The van der Waals surface area contributed by atoms with Crippen LogP contribution < -0.4 is 10.9 Å². The maximum atomic E-state index is 12.7. The van der Waals surface area contributed by atoms with Gasteiger partial charge >= 0.3 is 0 Å². The van der Waals surface area contributed by atoms with Gasteiger partial charge in [0.05, 0.1) is 12.3 Å². The maximum Gasteiger partial charge on any atom is 0.262 e. The van der Waals surface area contributed by atoms with Crippen LogP contribution in [0, 0.1) is 5.41 Å². The van der Waals surface area contributed by atoms with Crippen LogP contribution in [0.4, 0.5) is 5.82 Å². The summed E-state index contributed by atoms with van der Waals surface area (Å²) in [5, 5.41) is 11.4. The molecule has 1 saturated carbocycles. The van der Waals surface area contributed by atoms with E-state index in [1.54, 1.807) is 6.92 Å². The minimum atomic E-state index is -0.278. The lowest BCUT2D eigenvalue weighted by Crippen LogP contribution is -2.50. The van der Waals surface area contributed by atoms with Crippen molar-refractivity contribution < 1.29 is 4.79 Å². The molecule has 2 aliphatic rings. The molecule has 158 valence electrons. The van der Waals surface area contributed by atoms with Crippen molar-refractivity contribution in [3.8, 4) is 0 Å². The topological polar surface area (TPSA) is 102 Å². The number of benzene rings is 1. The highest BCUT2D eigenvalue weighted by molar-refractivity contribution is 6.00. The van der Waals surface area contributed by atoms with Crippen molar-refractivity contribution in [1.82, 2.24) is 14.9 Å². The standard InChI is InChI=1S/C23H29N5O2/c1-15(24)20-22(25-18-10-6-3-7-11-18)26-21(27-23(20)30)17-13-28(14-17)19(29)12-16-8-4-2-5-9-16/h2,4-5,8-9,17-18,24H,3,6-7,10-14H2,1H3,(H2,25,26,27,30). The number of hydrogen-bond donors (Lipinski definition) is 3. The Labute approximate surface area is 176 Å². The van der Waals surface area contributed by atoms with Gasteiger partial charge < -0.3 is 20.6 Å². The molecule has 1 saturated heterocycles. The van der Waals surface area contributed by atoms with E-state index in [1.807, 2.05) is 35.2 Å². The van der Waals surface area contributed by atoms with Gasteiger partial charge in [0.1, 0.15) is 17.2 Å². The Morgan fingerprint density at radius 2 is 1.90 bits per heavy atom. The van der Waals surface area contributed by atoms with E-state index in [-0.39, 0.29) is 23.1 Å². The first-order chi connectivity index (χ1) is 14.5. The zero-order valence-corrected chi connectivity index (χ0v) is 17.4. The molecule has 7 nitrogen and oxygen atoms in total. The van der Waals surface area contributed by atoms with Crippen molar-refractivity contribution in [2.45, 2.75) is 57.4 Å². The lowest BCUT2D eigenvalue weighted by atomic mass is 9.95. The number of anilines is 1. The van der Waals surface area contributed by atoms with Crippen molar-refractivity contribution in [3.63, 3.8) is 0 Å². The van der Waals surface area contributed by atoms with Gasteiger partial charge in [0.15, 0.2) is 0 Å². The molecule has 2 heterocycles. The average Bonchev–Trinajstić information content (AvgIpc) is 2.68. The van der Waals surface area contributed by atoms with Crippen molar-refractivity contribution in [2.75, 3.05) is 18.4 Å². The number of aromatic amines is 1. The summed E-state index contributed by atoms with van der Waals surface area (Å²) in [5.74, 6) is 1.23. The fourth-order valence-corrected chi connectivity index (χ4v) is 4.31. The SMILES string of the molecule is CC(=N)c1c(NC2CCCCC2)nc(C2CN(C(=O)Cc3ccccc3)C2)[nH]c1=O. The van der Waals surface area contributed by atoms with Crippen LogP contribution in [-0.2, 0) is 11.2 Å². The van der Waals surface area contributed by atoms with Gasteiger partial charge in [0.25, 0.3) is 5.56 Å². The van der Waals surface area contributed by atoms with E-state index < -0.39 is 0 Å². The van der Waals surface area contributed by atoms with Crippen LogP contribution in [0.2, 0.25) is 0 Å². The molecule has 0 atom stereocenters. The zero-order chi connectivity index (χ0) is 21.1. The monoisotopic (exact) mass is 407 g/mol. The quantitative estimate of drug-likeness (QED) is 0.641.